The Bertz CT molecular complexity index is 1290. The summed E-state index contributed by atoms with van der Waals surface area (Å²) in [5.41, 5.74) is 8.14. The van der Waals surface area contributed by atoms with Gasteiger partial charge >= 0.3 is 0 Å². The molecule has 0 bridgehead atoms. The van der Waals surface area contributed by atoms with Crippen molar-refractivity contribution in [2.45, 2.75) is 12.8 Å². The summed E-state index contributed by atoms with van der Waals surface area (Å²) in [6, 6.07) is 28.2. The van der Waals surface area contributed by atoms with E-state index in [-0.39, 0.29) is 25.3 Å². The fourth-order valence-electron chi connectivity index (χ4n) is 3.48. The minimum absolute atomic E-state index is 0.0234. The van der Waals surface area contributed by atoms with Gasteiger partial charge in [-0.1, -0.05) is 78.9 Å². The van der Waals surface area contributed by atoms with Crippen LogP contribution in [-0.4, -0.2) is 34.0 Å². The number of nitrogens with zero attached hydrogens (tertiary/aromatic N) is 2. The average Bonchev–Trinajstić information content (AvgIpc) is 3.35. The van der Waals surface area contributed by atoms with Crippen molar-refractivity contribution >= 4 is 17.7 Å². The minimum Gasteiger partial charge on any atom is -0.355 e. The third-order valence-electron chi connectivity index (χ3n) is 5.22. The lowest BCUT2D eigenvalue weighted by molar-refractivity contribution is -0.122. The Morgan fingerprint density at radius 1 is 0.743 bits per heavy atom. The van der Waals surface area contributed by atoms with Crippen LogP contribution in [0.4, 0.5) is 0 Å². The summed E-state index contributed by atoms with van der Waals surface area (Å²) in [4.78, 5) is 37.1. The van der Waals surface area contributed by atoms with E-state index in [0.717, 1.165) is 16.8 Å². The summed E-state index contributed by atoms with van der Waals surface area (Å²) < 4.78 is 1.63. The zero-order valence-electron chi connectivity index (χ0n) is 19.0. The van der Waals surface area contributed by atoms with Crippen LogP contribution < -0.4 is 16.2 Å². The van der Waals surface area contributed by atoms with Crippen LogP contribution in [-0.2, 0) is 16.0 Å². The molecular weight excluding hydrogens is 442 g/mol. The van der Waals surface area contributed by atoms with Gasteiger partial charge in [-0.2, -0.15) is 5.10 Å². The standard InChI is InChI=1S/C27H25N5O3/c33-24(16-17-28-25(34)18-20-10-4-1-5-11-20)29-30-27(35)23-19-32(22-14-8-3-9-15-22)31-26(23)21-12-6-2-7-13-21/h1-15,19H,16-18H2,(H,28,34)(H,29,33)(H,30,35). The fourth-order valence-corrected chi connectivity index (χ4v) is 3.48. The second-order valence-electron chi connectivity index (χ2n) is 7.80. The van der Waals surface area contributed by atoms with Crippen LogP contribution in [0.2, 0.25) is 0 Å². The van der Waals surface area contributed by atoms with E-state index in [4.69, 9.17) is 0 Å². The Hall–Kier alpha value is -4.72. The van der Waals surface area contributed by atoms with Gasteiger partial charge in [0, 0.05) is 24.7 Å². The Morgan fingerprint density at radius 2 is 1.37 bits per heavy atom. The second-order valence-corrected chi connectivity index (χ2v) is 7.80. The number of nitrogens with one attached hydrogen (secondary N) is 3. The molecule has 1 heterocycles. The topological polar surface area (TPSA) is 105 Å². The van der Waals surface area contributed by atoms with E-state index in [1.54, 1.807) is 10.9 Å². The molecule has 8 nitrogen and oxygen atoms in total. The van der Waals surface area contributed by atoms with Crippen LogP contribution in [0.1, 0.15) is 22.3 Å². The van der Waals surface area contributed by atoms with Gasteiger partial charge in [0.15, 0.2) is 0 Å². The Kier molecular flexibility index (Phi) is 7.65. The number of benzene rings is 3. The van der Waals surface area contributed by atoms with Crippen LogP contribution in [0.25, 0.3) is 16.9 Å². The molecule has 0 radical (unpaired) electrons. The van der Waals surface area contributed by atoms with E-state index in [1.165, 1.54) is 0 Å². The normalized spacial score (nSPS) is 10.4. The minimum atomic E-state index is -0.493. The molecule has 3 amide bonds. The third-order valence-corrected chi connectivity index (χ3v) is 5.22. The largest absolute Gasteiger partial charge is 0.355 e. The van der Waals surface area contributed by atoms with E-state index in [1.807, 2.05) is 91.0 Å². The monoisotopic (exact) mass is 467 g/mol. The van der Waals surface area contributed by atoms with Gasteiger partial charge in [0.25, 0.3) is 5.91 Å². The van der Waals surface area contributed by atoms with Crippen LogP contribution in [0.5, 0.6) is 0 Å². The molecule has 4 aromatic rings. The van der Waals surface area contributed by atoms with Crippen molar-refractivity contribution in [1.29, 1.82) is 0 Å². The van der Waals surface area contributed by atoms with Crippen LogP contribution in [0, 0.1) is 0 Å². The highest BCUT2D eigenvalue weighted by molar-refractivity contribution is 6.00. The summed E-state index contributed by atoms with van der Waals surface area (Å²) in [6.07, 6.45) is 1.89. The Balaban J connectivity index is 1.34. The highest BCUT2D eigenvalue weighted by Crippen LogP contribution is 2.23. The van der Waals surface area contributed by atoms with Crippen molar-refractivity contribution < 1.29 is 14.4 Å². The molecule has 1 aromatic heterocycles. The third kappa shape index (κ3) is 6.42. The van der Waals surface area contributed by atoms with Crippen molar-refractivity contribution in [3.63, 3.8) is 0 Å². The summed E-state index contributed by atoms with van der Waals surface area (Å²) in [5.74, 6) is -1.09. The number of carbonyl (C=O) groups is 3. The first-order valence-corrected chi connectivity index (χ1v) is 11.2. The predicted molar refractivity (Wildman–Crippen MR) is 132 cm³/mol. The number of amides is 3. The second kappa shape index (κ2) is 11.4. The van der Waals surface area contributed by atoms with Crippen LogP contribution in [0.3, 0.4) is 0 Å². The lowest BCUT2D eigenvalue weighted by atomic mass is 10.1. The lowest BCUT2D eigenvalue weighted by Gasteiger charge is -2.08. The first-order valence-electron chi connectivity index (χ1n) is 11.2. The smallest absolute Gasteiger partial charge is 0.273 e. The van der Waals surface area contributed by atoms with Gasteiger partial charge < -0.3 is 5.32 Å². The highest BCUT2D eigenvalue weighted by Gasteiger charge is 2.19. The van der Waals surface area contributed by atoms with Gasteiger partial charge in [-0.15, -0.1) is 0 Å². The van der Waals surface area contributed by atoms with Gasteiger partial charge in [-0.05, 0) is 17.7 Å². The summed E-state index contributed by atoms with van der Waals surface area (Å²) in [5, 5.41) is 7.31. The molecule has 0 fully saturated rings. The first-order chi connectivity index (χ1) is 17.1. The Morgan fingerprint density at radius 3 is 2.06 bits per heavy atom. The van der Waals surface area contributed by atoms with E-state index in [9.17, 15) is 14.4 Å². The fraction of sp³-hybridized carbons (Fsp3) is 0.111. The molecule has 35 heavy (non-hydrogen) atoms. The van der Waals surface area contributed by atoms with Crippen molar-refractivity contribution in [1.82, 2.24) is 25.9 Å². The number of hydrogen-bond donors (Lipinski definition) is 3. The van der Waals surface area contributed by atoms with Crippen LogP contribution in [0.15, 0.2) is 97.2 Å². The van der Waals surface area contributed by atoms with E-state index >= 15 is 0 Å². The first kappa shape index (κ1) is 23.4. The number of hydrazine groups is 1. The van der Waals surface area contributed by atoms with Crippen molar-refractivity contribution in [3.8, 4) is 16.9 Å². The molecule has 0 saturated carbocycles. The van der Waals surface area contributed by atoms with Crippen molar-refractivity contribution in [3.05, 3.63) is 108 Å². The summed E-state index contributed by atoms with van der Waals surface area (Å²) >= 11 is 0. The van der Waals surface area contributed by atoms with Gasteiger partial charge in [0.2, 0.25) is 11.8 Å². The molecule has 0 aliphatic heterocycles. The quantitative estimate of drug-likeness (QED) is 0.347. The number of aromatic nitrogens is 2. The molecule has 0 spiro atoms. The van der Waals surface area contributed by atoms with Gasteiger partial charge in [-0.3, -0.25) is 25.2 Å². The number of rotatable bonds is 8. The SMILES string of the molecule is O=C(Cc1ccccc1)NCCC(=O)NNC(=O)c1cn(-c2ccccc2)nc1-c1ccccc1. The number of hydrogen-bond acceptors (Lipinski definition) is 4. The molecule has 0 atom stereocenters. The maximum Gasteiger partial charge on any atom is 0.273 e. The van der Waals surface area contributed by atoms with Crippen molar-refractivity contribution in [2.24, 2.45) is 0 Å². The maximum atomic E-state index is 12.9. The molecule has 0 aliphatic carbocycles. The molecule has 0 saturated heterocycles. The Labute approximate surface area is 203 Å². The number of para-hydroxylation sites is 1. The molecule has 0 aliphatic rings. The molecule has 3 N–H and O–H groups in total. The molecule has 3 aromatic carbocycles. The van der Waals surface area contributed by atoms with Gasteiger partial charge in [0.05, 0.1) is 17.7 Å². The van der Waals surface area contributed by atoms with Gasteiger partial charge in [0.1, 0.15) is 5.69 Å². The van der Waals surface area contributed by atoms with Crippen molar-refractivity contribution in [2.75, 3.05) is 6.54 Å². The van der Waals surface area contributed by atoms with E-state index < -0.39 is 11.8 Å². The summed E-state index contributed by atoms with van der Waals surface area (Å²) in [7, 11) is 0. The maximum absolute atomic E-state index is 12.9. The van der Waals surface area contributed by atoms with E-state index in [2.05, 4.69) is 21.3 Å². The molecular formula is C27H25N5O3. The van der Waals surface area contributed by atoms with E-state index in [0.29, 0.717) is 11.3 Å². The lowest BCUT2D eigenvalue weighted by Crippen LogP contribution is -2.43. The molecule has 0 unspecified atom stereocenters. The molecule has 176 valence electrons. The molecule has 8 heteroatoms. The van der Waals surface area contributed by atoms with Gasteiger partial charge in [-0.25, -0.2) is 4.68 Å². The average molecular weight is 468 g/mol. The highest BCUT2D eigenvalue weighted by atomic mass is 16.2. The zero-order valence-corrected chi connectivity index (χ0v) is 19.0. The zero-order chi connectivity index (χ0) is 24.5. The summed E-state index contributed by atoms with van der Waals surface area (Å²) in [6.45, 7) is 0.161. The number of carbonyl (C=O) groups excluding carboxylic acids is 3. The van der Waals surface area contributed by atoms with Crippen LogP contribution >= 0.6 is 0 Å². The predicted octanol–water partition coefficient (Wildman–Crippen LogP) is 3.05. The molecule has 4 rings (SSSR count).